The summed E-state index contributed by atoms with van der Waals surface area (Å²) in [7, 11) is 0. The summed E-state index contributed by atoms with van der Waals surface area (Å²) >= 11 is 0. The molecular formula is C22H33NO. The number of hydrogen-bond donors (Lipinski definition) is 2. The highest BCUT2D eigenvalue weighted by Gasteiger charge is 2.36. The lowest BCUT2D eigenvalue weighted by Crippen LogP contribution is -2.40. The SMILES string of the molecule is C/C=C\CCC[C@@H]1CCc2cc([C@@H]3CC[C@](N)(CO)C3)ccc2C1. The van der Waals surface area contributed by atoms with Gasteiger partial charge >= 0.3 is 0 Å². The fourth-order valence-electron chi connectivity index (χ4n) is 4.63. The summed E-state index contributed by atoms with van der Waals surface area (Å²) in [6.07, 6.45) is 15.2. The van der Waals surface area contributed by atoms with Crippen molar-refractivity contribution < 1.29 is 5.11 Å². The Morgan fingerprint density at radius 2 is 2.17 bits per heavy atom. The van der Waals surface area contributed by atoms with Gasteiger partial charge in [-0.1, -0.05) is 30.4 Å². The zero-order valence-corrected chi connectivity index (χ0v) is 15.1. The molecule has 24 heavy (non-hydrogen) atoms. The zero-order valence-electron chi connectivity index (χ0n) is 15.1. The van der Waals surface area contributed by atoms with Gasteiger partial charge in [-0.3, -0.25) is 0 Å². The van der Waals surface area contributed by atoms with Gasteiger partial charge in [-0.05, 0) is 93.2 Å². The van der Waals surface area contributed by atoms with Crippen molar-refractivity contribution in [1.82, 2.24) is 0 Å². The first kappa shape index (κ1) is 17.7. The Kier molecular flexibility index (Phi) is 5.78. The smallest absolute Gasteiger partial charge is 0.0611 e. The Hall–Kier alpha value is -1.12. The molecule has 1 fully saturated rings. The summed E-state index contributed by atoms with van der Waals surface area (Å²) in [6.45, 7) is 2.22. The van der Waals surface area contributed by atoms with Crippen LogP contribution in [0.2, 0.25) is 0 Å². The van der Waals surface area contributed by atoms with Crippen molar-refractivity contribution in [2.45, 2.75) is 76.2 Å². The van der Waals surface area contributed by atoms with Crippen molar-refractivity contribution in [3.8, 4) is 0 Å². The highest BCUT2D eigenvalue weighted by Crippen LogP contribution is 2.40. The number of rotatable bonds is 6. The lowest BCUT2D eigenvalue weighted by Gasteiger charge is -2.26. The monoisotopic (exact) mass is 327 g/mol. The number of allylic oxidation sites excluding steroid dienone is 2. The van der Waals surface area contributed by atoms with Crippen LogP contribution in [0.1, 0.15) is 74.5 Å². The van der Waals surface area contributed by atoms with Gasteiger partial charge in [0.1, 0.15) is 0 Å². The molecule has 3 atom stereocenters. The van der Waals surface area contributed by atoms with E-state index >= 15 is 0 Å². The minimum Gasteiger partial charge on any atom is -0.394 e. The van der Waals surface area contributed by atoms with Crippen molar-refractivity contribution in [2.24, 2.45) is 11.7 Å². The predicted octanol–water partition coefficient (Wildman–Crippen LogP) is 4.50. The first-order valence-electron chi connectivity index (χ1n) is 9.76. The summed E-state index contributed by atoms with van der Waals surface area (Å²) in [5, 5.41) is 9.49. The third-order valence-corrected chi connectivity index (χ3v) is 6.21. The van der Waals surface area contributed by atoms with Crippen LogP contribution in [-0.2, 0) is 12.8 Å². The number of hydrogen-bond acceptors (Lipinski definition) is 2. The number of nitrogens with two attached hydrogens (primary N) is 1. The molecule has 0 radical (unpaired) electrons. The predicted molar refractivity (Wildman–Crippen MR) is 101 cm³/mol. The standard InChI is InChI=1S/C22H33NO/c1-2-3-4-5-6-17-7-8-19-14-20(10-9-18(19)13-17)21-11-12-22(23,15-21)16-24/h2-3,9-10,14,17,21,24H,4-8,11-13,15-16,23H2,1H3/b3-2-/t17-,21-,22-/m1/s1. The van der Waals surface area contributed by atoms with E-state index in [0.29, 0.717) is 5.92 Å². The molecular weight excluding hydrogens is 294 g/mol. The minimum atomic E-state index is -0.349. The van der Waals surface area contributed by atoms with Crippen molar-refractivity contribution in [2.75, 3.05) is 6.61 Å². The lowest BCUT2D eigenvalue weighted by molar-refractivity contribution is 0.198. The average Bonchev–Trinajstić information content (AvgIpc) is 3.01. The molecule has 1 saturated carbocycles. The molecule has 0 spiro atoms. The third-order valence-electron chi connectivity index (χ3n) is 6.21. The molecule has 0 heterocycles. The number of fused-ring (bicyclic) bond motifs is 1. The van der Waals surface area contributed by atoms with Crippen LogP contribution < -0.4 is 5.73 Å². The van der Waals surface area contributed by atoms with Gasteiger partial charge in [0, 0.05) is 5.54 Å². The van der Waals surface area contributed by atoms with Crippen molar-refractivity contribution in [3.05, 3.63) is 47.0 Å². The van der Waals surface area contributed by atoms with Gasteiger partial charge in [0.15, 0.2) is 0 Å². The molecule has 1 aromatic carbocycles. The molecule has 0 amide bonds. The van der Waals surface area contributed by atoms with Crippen LogP contribution in [0.25, 0.3) is 0 Å². The van der Waals surface area contributed by atoms with E-state index in [-0.39, 0.29) is 12.1 Å². The van der Waals surface area contributed by atoms with Gasteiger partial charge in [-0.25, -0.2) is 0 Å². The Labute approximate surface area is 147 Å². The first-order chi connectivity index (χ1) is 11.6. The van der Waals surface area contributed by atoms with Gasteiger partial charge < -0.3 is 10.8 Å². The average molecular weight is 328 g/mol. The second kappa shape index (κ2) is 7.84. The first-order valence-corrected chi connectivity index (χ1v) is 9.76. The Morgan fingerprint density at radius 1 is 1.29 bits per heavy atom. The van der Waals surface area contributed by atoms with Crippen molar-refractivity contribution in [3.63, 3.8) is 0 Å². The molecule has 2 aliphatic carbocycles. The summed E-state index contributed by atoms with van der Waals surface area (Å²) in [6, 6.07) is 7.15. The summed E-state index contributed by atoms with van der Waals surface area (Å²) in [5.74, 6) is 1.40. The van der Waals surface area contributed by atoms with Crippen LogP contribution in [0.5, 0.6) is 0 Å². The fourth-order valence-corrected chi connectivity index (χ4v) is 4.63. The van der Waals surface area contributed by atoms with Gasteiger partial charge in [-0.15, -0.1) is 0 Å². The van der Waals surface area contributed by atoms with E-state index in [1.54, 1.807) is 11.1 Å². The minimum absolute atomic E-state index is 0.114. The lowest BCUT2D eigenvalue weighted by atomic mass is 9.79. The summed E-state index contributed by atoms with van der Waals surface area (Å²) in [4.78, 5) is 0. The number of aliphatic hydroxyl groups is 1. The van der Waals surface area contributed by atoms with Crippen LogP contribution in [0.3, 0.4) is 0 Å². The number of unbranched alkanes of at least 4 members (excludes halogenated alkanes) is 1. The maximum absolute atomic E-state index is 9.49. The Bertz CT molecular complexity index is 579. The normalized spacial score (nSPS) is 30.0. The molecule has 0 bridgehead atoms. The maximum atomic E-state index is 9.49. The van der Waals surface area contributed by atoms with Crippen LogP contribution in [0, 0.1) is 5.92 Å². The zero-order chi connectivity index (χ0) is 17.0. The van der Waals surface area contributed by atoms with Crippen LogP contribution in [0.4, 0.5) is 0 Å². The molecule has 2 nitrogen and oxygen atoms in total. The van der Waals surface area contributed by atoms with Gasteiger partial charge in [0.2, 0.25) is 0 Å². The number of aryl methyl sites for hydroxylation is 1. The molecule has 3 rings (SSSR count). The molecule has 3 N–H and O–H groups in total. The number of benzene rings is 1. The topological polar surface area (TPSA) is 46.2 Å². The van der Waals surface area contributed by atoms with Gasteiger partial charge in [-0.2, -0.15) is 0 Å². The molecule has 0 aromatic heterocycles. The van der Waals surface area contributed by atoms with E-state index < -0.39 is 0 Å². The summed E-state index contributed by atoms with van der Waals surface area (Å²) < 4.78 is 0. The van der Waals surface area contributed by atoms with E-state index in [1.165, 1.54) is 44.1 Å². The molecule has 0 aliphatic heterocycles. The molecule has 0 unspecified atom stereocenters. The third kappa shape index (κ3) is 4.10. The fraction of sp³-hybridized carbons (Fsp3) is 0.636. The van der Waals surface area contributed by atoms with Gasteiger partial charge in [0.25, 0.3) is 0 Å². The Balaban J connectivity index is 1.60. The van der Waals surface area contributed by atoms with Crippen molar-refractivity contribution >= 4 is 0 Å². The maximum Gasteiger partial charge on any atom is 0.0611 e. The second-order valence-corrected chi connectivity index (χ2v) is 8.10. The van der Waals surface area contributed by atoms with Crippen LogP contribution in [0.15, 0.2) is 30.4 Å². The number of aliphatic hydroxyl groups excluding tert-OH is 1. The van der Waals surface area contributed by atoms with E-state index in [0.717, 1.165) is 25.2 Å². The second-order valence-electron chi connectivity index (χ2n) is 8.10. The van der Waals surface area contributed by atoms with E-state index in [1.807, 2.05) is 0 Å². The molecule has 132 valence electrons. The van der Waals surface area contributed by atoms with Crippen LogP contribution >= 0.6 is 0 Å². The van der Waals surface area contributed by atoms with E-state index in [4.69, 9.17) is 5.73 Å². The quantitative estimate of drug-likeness (QED) is 0.597. The molecule has 1 aromatic rings. The Morgan fingerprint density at radius 3 is 2.92 bits per heavy atom. The molecule has 0 saturated heterocycles. The van der Waals surface area contributed by atoms with E-state index in [9.17, 15) is 5.11 Å². The van der Waals surface area contributed by atoms with Crippen LogP contribution in [-0.4, -0.2) is 17.3 Å². The highest BCUT2D eigenvalue weighted by molar-refractivity contribution is 5.36. The summed E-state index contributed by atoms with van der Waals surface area (Å²) in [5.41, 5.74) is 10.5. The van der Waals surface area contributed by atoms with Gasteiger partial charge in [0.05, 0.1) is 6.61 Å². The molecule has 2 aliphatic rings. The molecule has 2 heteroatoms. The van der Waals surface area contributed by atoms with E-state index in [2.05, 4.69) is 37.3 Å². The van der Waals surface area contributed by atoms with Crippen molar-refractivity contribution in [1.29, 1.82) is 0 Å². The largest absolute Gasteiger partial charge is 0.394 e. The highest BCUT2D eigenvalue weighted by atomic mass is 16.3.